The molecule has 4 nitrogen and oxygen atoms in total. The molecule has 1 aliphatic heterocycles. The van der Waals surface area contributed by atoms with Crippen LogP contribution in [0, 0.1) is 6.92 Å². The Kier molecular flexibility index (Phi) is 4.51. The summed E-state index contributed by atoms with van der Waals surface area (Å²) < 4.78 is 5.50. The summed E-state index contributed by atoms with van der Waals surface area (Å²) in [6.07, 6.45) is 0.891. The van der Waals surface area contributed by atoms with E-state index in [0.717, 1.165) is 51.3 Å². The molecule has 0 unspecified atom stereocenters. The molecule has 3 heterocycles. The molecule has 0 saturated carbocycles. The Morgan fingerprint density at radius 3 is 2.88 bits per heavy atom. The zero-order chi connectivity index (χ0) is 18.3. The Morgan fingerprint density at radius 1 is 1.31 bits per heavy atom. The largest absolute Gasteiger partial charge is 0.376 e. The predicted octanol–water partition coefficient (Wildman–Crippen LogP) is 5.05. The van der Waals surface area contributed by atoms with Crippen LogP contribution in [0.1, 0.15) is 51.1 Å². The van der Waals surface area contributed by atoms with Crippen LogP contribution in [0.4, 0.5) is 5.69 Å². The predicted molar refractivity (Wildman–Crippen MR) is 106 cm³/mol. The third-order valence-electron chi connectivity index (χ3n) is 4.79. The van der Waals surface area contributed by atoms with Crippen molar-refractivity contribution in [3.63, 3.8) is 0 Å². The van der Waals surface area contributed by atoms with Crippen LogP contribution in [0.25, 0.3) is 10.9 Å². The molecule has 0 radical (unpaired) electrons. The molecule has 26 heavy (non-hydrogen) atoms. The molecule has 0 saturated heterocycles. The van der Waals surface area contributed by atoms with E-state index in [2.05, 4.69) is 19.2 Å². The summed E-state index contributed by atoms with van der Waals surface area (Å²) >= 11 is 1.58. The van der Waals surface area contributed by atoms with E-state index in [1.165, 1.54) is 4.88 Å². The summed E-state index contributed by atoms with van der Waals surface area (Å²) in [4.78, 5) is 19.7. The minimum Gasteiger partial charge on any atom is -0.376 e. The molecule has 0 aliphatic carbocycles. The quantitative estimate of drug-likeness (QED) is 0.705. The van der Waals surface area contributed by atoms with Crippen molar-refractivity contribution in [2.24, 2.45) is 0 Å². The van der Waals surface area contributed by atoms with Crippen molar-refractivity contribution < 1.29 is 9.53 Å². The molecule has 0 atom stereocenters. The maximum absolute atomic E-state index is 13.0. The van der Waals surface area contributed by atoms with Crippen LogP contribution in [0.15, 0.2) is 30.3 Å². The van der Waals surface area contributed by atoms with Crippen LogP contribution >= 0.6 is 11.3 Å². The van der Waals surface area contributed by atoms with Gasteiger partial charge in [-0.15, -0.1) is 11.3 Å². The molecular formula is C21H22N2O2S. The standard InChI is InChI=1S/C21H22N2O2S/c1-12(2)19-13(3)22-16-7-5-4-6-15(16)20(19)23-21(24)18-10-14-11-25-9-8-17(14)26-18/h4-7,10,12H,8-9,11H2,1-3H3,(H,22,23,24). The molecule has 3 aromatic rings. The van der Waals surface area contributed by atoms with Crippen molar-refractivity contribution in [1.29, 1.82) is 0 Å². The average Bonchev–Trinajstić information content (AvgIpc) is 3.05. The van der Waals surface area contributed by atoms with Crippen LogP contribution in [0.3, 0.4) is 0 Å². The first-order chi connectivity index (χ1) is 12.5. The van der Waals surface area contributed by atoms with Crippen LogP contribution in [-0.2, 0) is 17.8 Å². The summed E-state index contributed by atoms with van der Waals surface area (Å²) in [5.74, 6) is 0.217. The normalized spacial score (nSPS) is 13.8. The number of amides is 1. The van der Waals surface area contributed by atoms with Crippen LogP contribution in [0.2, 0.25) is 0 Å². The first-order valence-corrected chi connectivity index (χ1v) is 9.76. The highest BCUT2D eigenvalue weighted by Gasteiger charge is 2.21. The molecule has 1 aromatic carbocycles. The second-order valence-electron chi connectivity index (χ2n) is 6.97. The summed E-state index contributed by atoms with van der Waals surface area (Å²) in [5, 5.41) is 4.18. The maximum atomic E-state index is 13.0. The number of carbonyl (C=O) groups is 1. The van der Waals surface area contributed by atoms with Gasteiger partial charge in [0.15, 0.2) is 0 Å². The highest BCUT2D eigenvalue weighted by molar-refractivity contribution is 7.14. The van der Waals surface area contributed by atoms with Gasteiger partial charge in [0.2, 0.25) is 0 Å². The number of benzene rings is 1. The lowest BCUT2D eigenvalue weighted by atomic mass is 9.96. The van der Waals surface area contributed by atoms with Crippen molar-refractivity contribution in [3.05, 3.63) is 56.9 Å². The number of hydrogen-bond acceptors (Lipinski definition) is 4. The summed E-state index contributed by atoms with van der Waals surface area (Å²) in [5.41, 5.74) is 5.00. The van der Waals surface area contributed by atoms with Gasteiger partial charge in [-0.2, -0.15) is 0 Å². The Balaban J connectivity index is 1.77. The molecular weight excluding hydrogens is 344 g/mol. The van der Waals surface area contributed by atoms with Crippen LogP contribution < -0.4 is 5.32 Å². The van der Waals surface area contributed by atoms with E-state index in [4.69, 9.17) is 9.72 Å². The molecule has 5 heteroatoms. The molecule has 0 bridgehead atoms. The van der Waals surface area contributed by atoms with Gasteiger partial charge in [-0.25, -0.2) is 0 Å². The van der Waals surface area contributed by atoms with Crippen LogP contribution in [0.5, 0.6) is 0 Å². The zero-order valence-corrected chi connectivity index (χ0v) is 16.1. The SMILES string of the molecule is Cc1nc2ccccc2c(NC(=O)c2cc3c(s2)CCOC3)c1C(C)C. The fourth-order valence-corrected chi connectivity index (χ4v) is 4.67. The van der Waals surface area contributed by atoms with Crippen molar-refractivity contribution in [1.82, 2.24) is 4.98 Å². The number of aryl methyl sites for hydroxylation is 1. The maximum Gasteiger partial charge on any atom is 0.265 e. The van der Waals surface area contributed by atoms with Crippen molar-refractivity contribution >= 4 is 33.8 Å². The molecule has 1 aliphatic rings. The lowest BCUT2D eigenvalue weighted by Crippen LogP contribution is -2.14. The fraction of sp³-hybridized carbons (Fsp3) is 0.333. The number of carbonyl (C=O) groups excluding carboxylic acids is 1. The molecule has 134 valence electrons. The first kappa shape index (κ1) is 17.2. The number of fused-ring (bicyclic) bond motifs is 2. The van der Waals surface area contributed by atoms with Gasteiger partial charge in [-0.3, -0.25) is 9.78 Å². The number of hydrogen-bond donors (Lipinski definition) is 1. The number of pyridine rings is 1. The highest BCUT2D eigenvalue weighted by Crippen LogP contribution is 2.35. The lowest BCUT2D eigenvalue weighted by Gasteiger charge is -2.18. The number of nitrogens with one attached hydrogen (secondary N) is 1. The van der Waals surface area contributed by atoms with Gasteiger partial charge in [0, 0.05) is 27.9 Å². The number of anilines is 1. The third-order valence-corrected chi connectivity index (χ3v) is 6.02. The summed E-state index contributed by atoms with van der Waals surface area (Å²) in [6, 6.07) is 9.95. The number of rotatable bonds is 3. The molecule has 4 rings (SSSR count). The van der Waals surface area contributed by atoms with Gasteiger partial charge in [-0.1, -0.05) is 32.0 Å². The lowest BCUT2D eigenvalue weighted by molar-refractivity contribution is 0.102. The van der Waals surface area contributed by atoms with E-state index in [1.807, 2.05) is 37.3 Å². The van der Waals surface area contributed by atoms with Gasteiger partial charge in [-0.05, 0) is 30.5 Å². The van der Waals surface area contributed by atoms with Gasteiger partial charge in [0.25, 0.3) is 5.91 Å². The van der Waals surface area contributed by atoms with E-state index in [1.54, 1.807) is 11.3 Å². The smallest absolute Gasteiger partial charge is 0.265 e. The zero-order valence-electron chi connectivity index (χ0n) is 15.3. The fourth-order valence-electron chi connectivity index (χ4n) is 3.62. The Hall–Kier alpha value is -2.24. The Labute approximate surface area is 157 Å². The van der Waals surface area contributed by atoms with Gasteiger partial charge in [0.05, 0.1) is 29.3 Å². The number of aromatic nitrogens is 1. The minimum absolute atomic E-state index is 0.0537. The van der Waals surface area contributed by atoms with E-state index in [0.29, 0.717) is 6.61 Å². The number of para-hydroxylation sites is 1. The van der Waals surface area contributed by atoms with Crippen LogP contribution in [-0.4, -0.2) is 17.5 Å². The first-order valence-electron chi connectivity index (χ1n) is 8.94. The van der Waals surface area contributed by atoms with Gasteiger partial charge in [0.1, 0.15) is 0 Å². The molecule has 1 N–H and O–H groups in total. The Morgan fingerprint density at radius 2 is 2.12 bits per heavy atom. The summed E-state index contributed by atoms with van der Waals surface area (Å²) in [6.45, 7) is 7.62. The van der Waals surface area contributed by atoms with E-state index in [-0.39, 0.29) is 11.8 Å². The topological polar surface area (TPSA) is 51.2 Å². The molecule has 1 amide bonds. The van der Waals surface area contributed by atoms with E-state index < -0.39 is 0 Å². The molecule has 0 fully saturated rings. The number of ether oxygens (including phenoxy) is 1. The Bertz CT molecular complexity index is 968. The number of thiophene rings is 1. The highest BCUT2D eigenvalue weighted by atomic mass is 32.1. The third kappa shape index (κ3) is 3.02. The van der Waals surface area contributed by atoms with E-state index >= 15 is 0 Å². The van der Waals surface area contributed by atoms with Gasteiger partial charge < -0.3 is 10.1 Å². The molecule has 0 spiro atoms. The number of nitrogens with zero attached hydrogens (tertiary/aromatic N) is 1. The molecule has 2 aromatic heterocycles. The van der Waals surface area contributed by atoms with Gasteiger partial charge >= 0.3 is 0 Å². The van der Waals surface area contributed by atoms with Crippen molar-refractivity contribution in [3.8, 4) is 0 Å². The second kappa shape index (κ2) is 6.82. The summed E-state index contributed by atoms with van der Waals surface area (Å²) in [7, 11) is 0. The minimum atomic E-state index is -0.0537. The van der Waals surface area contributed by atoms with E-state index in [9.17, 15) is 4.79 Å². The van der Waals surface area contributed by atoms with Crippen molar-refractivity contribution in [2.45, 2.75) is 39.7 Å². The average molecular weight is 366 g/mol. The monoisotopic (exact) mass is 366 g/mol. The second-order valence-corrected chi connectivity index (χ2v) is 8.11. The van der Waals surface area contributed by atoms with Crippen molar-refractivity contribution in [2.75, 3.05) is 11.9 Å².